The summed E-state index contributed by atoms with van der Waals surface area (Å²) in [6.45, 7) is 2.63. The Labute approximate surface area is 143 Å². The summed E-state index contributed by atoms with van der Waals surface area (Å²) in [4.78, 5) is 25.4. The molecule has 0 bridgehead atoms. The molecule has 1 aliphatic heterocycles. The lowest BCUT2D eigenvalue weighted by Gasteiger charge is -2.33. The maximum absolute atomic E-state index is 12.1. The van der Waals surface area contributed by atoms with Crippen molar-refractivity contribution in [2.75, 3.05) is 38.5 Å². The lowest BCUT2D eigenvalue weighted by molar-refractivity contribution is -0.131. The molecule has 0 aliphatic carbocycles. The fraction of sp³-hybridized carbons (Fsp3) is 0.538. The minimum absolute atomic E-state index is 0.0513. The third kappa shape index (κ3) is 4.55. The van der Waals surface area contributed by atoms with Crippen molar-refractivity contribution in [1.29, 1.82) is 0 Å². The number of carbonyl (C=O) groups excluding carboxylic acids is 2. The summed E-state index contributed by atoms with van der Waals surface area (Å²) in [6.07, 6.45) is 0. The van der Waals surface area contributed by atoms with Gasteiger partial charge in [-0.3, -0.25) is 9.59 Å². The van der Waals surface area contributed by atoms with Crippen LogP contribution in [0.1, 0.15) is 17.5 Å². The van der Waals surface area contributed by atoms with Crippen LogP contribution in [0.5, 0.6) is 0 Å². The van der Waals surface area contributed by atoms with E-state index in [-0.39, 0.29) is 37.1 Å². The summed E-state index contributed by atoms with van der Waals surface area (Å²) in [5.74, 6) is -0.562. The molecule has 128 valence electrons. The Morgan fingerprint density at radius 2 is 1.91 bits per heavy atom. The van der Waals surface area contributed by atoms with Gasteiger partial charge in [0.25, 0.3) is 5.91 Å². The molecule has 2 heterocycles. The van der Waals surface area contributed by atoms with Crippen molar-refractivity contribution in [3.63, 3.8) is 0 Å². The highest BCUT2D eigenvalue weighted by Gasteiger charge is 2.27. The van der Waals surface area contributed by atoms with Gasteiger partial charge in [-0.25, -0.2) is 8.42 Å². The zero-order valence-corrected chi connectivity index (χ0v) is 15.0. The highest BCUT2D eigenvalue weighted by atomic mass is 79.9. The molecule has 1 aromatic heterocycles. The molecule has 1 saturated heterocycles. The van der Waals surface area contributed by atoms with Crippen LogP contribution in [0.2, 0.25) is 0 Å². The molecule has 23 heavy (non-hydrogen) atoms. The van der Waals surface area contributed by atoms with Gasteiger partial charge in [-0.1, -0.05) is 0 Å². The first-order chi connectivity index (χ1) is 10.8. The van der Waals surface area contributed by atoms with Crippen molar-refractivity contribution in [3.8, 4) is 0 Å². The Hall–Kier alpha value is -1.39. The SMILES string of the molecule is CCS(=O)(=O)N1CCN(C(=O)CNC(=O)c2ccc(Br)o2)CC1. The summed E-state index contributed by atoms with van der Waals surface area (Å²) < 4.78 is 30.4. The van der Waals surface area contributed by atoms with Gasteiger partial charge < -0.3 is 14.6 Å². The van der Waals surface area contributed by atoms with Crippen molar-refractivity contribution >= 4 is 37.8 Å². The maximum atomic E-state index is 12.1. The molecule has 2 amide bonds. The predicted molar refractivity (Wildman–Crippen MR) is 86.4 cm³/mol. The number of hydrogen-bond donors (Lipinski definition) is 1. The molecular weight excluding hydrogens is 390 g/mol. The largest absolute Gasteiger partial charge is 0.444 e. The van der Waals surface area contributed by atoms with Crippen LogP contribution in [0.4, 0.5) is 0 Å². The van der Waals surface area contributed by atoms with E-state index in [0.717, 1.165) is 0 Å². The van der Waals surface area contributed by atoms with Crippen LogP contribution >= 0.6 is 15.9 Å². The summed E-state index contributed by atoms with van der Waals surface area (Å²) in [5.41, 5.74) is 0. The topological polar surface area (TPSA) is 99.9 Å². The summed E-state index contributed by atoms with van der Waals surface area (Å²) in [7, 11) is -3.22. The Morgan fingerprint density at radius 1 is 1.26 bits per heavy atom. The van der Waals surface area contributed by atoms with Gasteiger partial charge in [-0.2, -0.15) is 4.31 Å². The maximum Gasteiger partial charge on any atom is 0.287 e. The van der Waals surface area contributed by atoms with Gasteiger partial charge in [0.1, 0.15) is 0 Å². The van der Waals surface area contributed by atoms with E-state index in [2.05, 4.69) is 21.2 Å². The highest BCUT2D eigenvalue weighted by Crippen LogP contribution is 2.13. The first kappa shape index (κ1) is 18.0. The number of amides is 2. The Bertz CT molecular complexity index is 680. The highest BCUT2D eigenvalue weighted by molar-refractivity contribution is 9.10. The number of hydrogen-bond acceptors (Lipinski definition) is 5. The molecule has 1 aliphatic rings. The van der Waals surface area contributed by atoms with E-state index in [1.54, 1.807) is 17.9 Å². The van der Waals surface area contributed by atoms with Crippen LogP contribution in [0.15, 0.2) is 21.2 Å². The van der Waals surface area contributed by atoms with E-state index < -0.39 is 15.9 Å². The molecule has 1 aromatic rings. The number of halogens is 1. The number of rotatable bonds is 5. The van der Waals surface area contributed by atoms with E-state index in [1.165, 1.54) is 10.4 Å². The average Bonchev–Trinajstić information content (AvgIpc) is 2.99. The van der Waals surface area contributed by atoms with Crippen LogP contribution in [0.25, 0.3) is 0 Å². The number of piperazine rings is 1. The lowest BCUT2D eigenvalue weighted by Crippen LogP contribution is -2.52. The van der Waals surface area contributed by atoms with Crippen LogP contribution in [0.3, 0.4) is 0 Å². The second-order valence-corrected chi connectivity index (χ2v) is 8.01. The third-order valence-corrected chi connectivity index (χ3v) is 5.85. The van der Waals surface area contributed by atoms with Crippen LogP contribution < -0.4 is 5.32 Å². The molecule has 0 unspecified atom stereocenters. The summed E-state index contributed by atoms with van der Waals surface area (Å²) in [5, 5.41) is 2.49. The number of nitrogens with zero attached hydrogens (tertiary/aromatic N) is 2. The van der Waals surface area contributed by atoms with Crippen LogP contribution in [-0.4, -0.2) is 67.9 Å². The van der Waals surface area contributed by atoms with Gasteiger partial charge in [-0.15, -0.1) is 0 Å². The first-order valence-electron chi connectivity index (χ1n) is 7.12. The van der Waals surface area contributed by atoms with Crippen molar-refractivity contribution < 1.29 is 22.4 Å². The van der Waals surface area contributed by atoms with E-state index >= 15 is 0 Å². The molecule has 0 atom stereocenters. The van der Waals surface area contributed by atoms with E-state index in [0.29, 0.717) is 17.8 Å². The normalized spacial score (nSPS) is 16.3. The summed E-state index contributed by atoms with van der Waals surface area (Å²) >= 11 is 3.09. The minimum Gasteiger partial charge on any atom is -0.444 e. The zero-order chi connectivity index (χ0) is 17.0. The van der Waals surface area contributed by atoms with Gasteiger partial charge in [0.15, 0.2) is 10.4 Å². The molecule has 2 rings (SSSR count). The molecule has 0 spiro atoms. The predicted octanol–water partition coefficient (Wildman–Crippen LogP) is 0.266. The third-order valence-electron chi connectivity index (χ3n) is 3.55. The standard InChI is InChI=1S/C13H18BrN3O5S/c1-2-23(20,21)17-7-5-16(6-8-17)12(18)9-15-13(19)10-3-4-11(14)22-10/h3-4H,2,5-9H2,1H3,(H,15,19). The Kier molecular flexibility index (Phi) is 5.82. The van der Waals surface area contributed by atoms with Gasteiger partial charge in [0.2, 0.25) is 15.9 Å². The second kappa shape index (κ2) is 7.45. The Balaban J connectivity index is 1.80. The molecular formula is C13H18BrN3O5S. The zero-order valence-electron chi connectivity index (χ0n) is 12.6. The monoisotopic (exact) mass is 407 g/mol. The van der Waals surface area contributed by atoms with E-state index in [1.807, 2.05) is 0 Å². The van der Waals surface area contributed by atoms with E-state index in [9.17, 15) is 18.0 Å². The fourth-order valence-corrected chi connectivity index (χ4v) is 3.58. The minimum atomic E-state index is -3.22. The summed E-state index contributed by atoms with van der Waals surface area (Å²) in [6, 6.07) is 3.09. The van der Waals surface area contributed by atoms with Crippen molar-refractivity contribution in [2.45, 2.75) is 6.92 Å². The molecule has 1 fully saturated rings. The number of furan rings is 1. The smallest absolute Gasteiger partial charge is 0.287 e. The molecule has 0 saturated carbocycles. The van der Waals surface area contributed by atoms with Gasteiger partial charge in [-0.05, 0) is 35.0 Å². The molecule has 8 nitrogen and oxygen atoms in total. The number of carbonyl (C=O) groups is 2. The van der Waals surface area contributed by atoms with Crippen LogP contribution in [0, 0.1) is 0 Å². The number of nitrogens with one attached hydrogen (secondary N) is 1. The molecule has 10 heteroatoms. The van der Waals surface area contributed by atoms with Crippen LogP contribution in [-0.2, 0) is 14.8 Å². The molecule has 0 radical (unpaired) electrons. The first-order valence-corrected chi connectivity index (χ1v) is 9.53. The van der Waals surface area contributed by atoms with Crippen molar-refractivity contribution in [1.82, 2.24) is 14.5 Å². The fourth-order valence-electron chi connectivity index (χ4n) is 2.19. The van der Waals surface area contributed by atoms with Crippen molar-refractivity contribution in [2.24, 2.45) is 0 Å². The molecule has 0 aromatic carbocycles. The van der Waals surface area contributed by atoms with Gasteiger partial charge >= 0.3 is 0 Å². The van der Waals surface area contributed by atoms with Gasteiger partial charge in [0.05, 0.1) is 12.3 Å². The van der Waals surface area contributed by atoms with E-state index in [4.69, 9.17) is 4.42 Å². The lowest BCUT2D eigenvalue weighted by atomic mass is 10.3. The quantitative estimate of drug-likeness (QED) is 0.754. The molecule has 1 N–H and O–H groups in total. The average molecular weight is 408 g/mol. The Morgan fingerprint density at radius 3 is 2.43 bits per heavy atom. The van der Waals surface area contributed by atoms with Crippen molar-refractivity contribution in [3.05, 3.63) is 22.6 Å². The second-order valence-electron chi connectivity index (χ2n) is 4.97. The van der Waals surface area contributed by atoms with Gasteiger partial charge in [0, 0.05) is 26.2 Å². The number of sulfonamides is 1.